The van der Waals surface area contributed by atoms with E-state index in [4.69, 9.17) is 10.5 Å². The van der Waals surface area contributed by atoms with Crippen LogP contribution in [0.3, 0.4) is 0 Å². The first-order valence-corrected chi connectivity index (χ1v) is 8.30. The van der Waals surface area contributed by atoms with Crippen LogP contribution in [0.2, 0.25) is 0 Å². The first-order chi connectivity index (χ1) is 13.3. The zero-order valence-electron chi connectivity index (χ0n) is 14.6. The van der Waals surface area contributed by atoms with Crippen molar-refractivity contribution in [1.29, 1.82) is 0 Å². The molecule has 0 aliphatic heterocycles. The molecular weight excluding hydrogens is 371 g/mol. The molecule has 0 unspecified atom stereocenters. The summed E-state index contributed by atoms with van der Waals surface area (Å²) in [5.41, 5.74) is 7.12. The largest absolute Gasteiger partial charge is 0.489 e. The minimum Gasteiger partial charge on any atom is -0.489 e. The van der Waals surface area contributed by atoms with Crippen molar-refractivity contribution in [2.24, 2.45) is 5.73 Å². The molecule has 3 rings (SSSR count). The van der Waals surface area contributed by atoms with Gasteiger partial charge in [0.1, 0.15) is 18.1 Å². The first-order valence-electron chi connectivity index (χ1n) is 8.30. The number of aromatic nitrogens is 2. The maximum Gasteiger partial charge on any atom is 0.433 e. The summed E-state index contributed by atoms with van der Waals surface area (Å²) < 4.78 is 43.6. The van der Waals surface area contributed by atoms with Gasteiger partial charge in [-0.05, 0) is 41.5 Å². The third-order valence-electron chi connectivity index (χ3n) is 3.93. The Hall–Kier alpha value is -3.42. The van der Waals surface area contributed by atoms with Crippen LogP contribution in [-0.4, -0.2) is 15.9 Å². The molecule has 0 spiro atoms. The highest BCUT2D eigenvalue weighted by molar-refractivity contribution is 5.92. The number of pyridine rings is 2. The summed E-state index contributed by atoms with van der Waals surface area (Å²) in [6.45, 7) is 0.0947. The van der Waals surface area contributed by atoms with E-state index in [1.165, 1.54) is 6.07 Å². The number of halogens is 3. The van der Waals surface area contributed by atoms with E-state index in [-0.39, 0.29) is 12.4 Å². The van der Waals surface area contributed by atoms with Gasteiger partial charge in [-0.15, -0.1) is 0 Å². The number of nitrogens with two attached hydrogens (primary N) is 1. The summed E-state index contributed by atoms with van der Waals surface area (Å²) in [7, 11) is 0. The molecule has 0 saturated heterocycles. The number of rotatable bonds is 6. The van der Waals surface area contributed by atoms with Gasteiger partial charge >= 0.3 is 6.18 Å². The molecule has 0 atom stereocenters. The van der Waals surface area contributed by atoms with Crippen LogP contribution >= 0.6 is 0 Å². The Morgan fingerprint density at radius 3 is 2.36 bits per heavy atom. The first kappa shape index (κ1) is 19.3. The SMILES string of the molecule is NC(=O)c1ccc(Cc2cc(COc3ccnc(C(F)(F)F)c3)ccn2)cc1. The number of carbonyl (C=O) groups is 1. The number of ether oxygens (including phenoxy) is 1. The predicted octanol–water partition coefficient (Wildman–Crippen LogP) is 3.76. The van der Waals surface area contributed by atoms with Crippen molar-refractivity contribution in [3.05, 3.63) is 89.0 Å². The number of primary amides is 1. The highest BCUT2D eigenvalue weighted by atomic mass is 19.4. The van der Waals surface area contributed by atoms with Gasteiger partial charge in [-0.1, -0.05) is 12.1 Å². The molecule has 0 bridgehead atoms. The van der Waals surface area contributed by atoms with Crippen molar-refractivity contribution in [3.8, 4) is 5.75 Å². The van der Waals surface area contributed by atoms with Crippen LogP contribution in [0.15, 0.2) is 60.9 Å². The van der Waals surface area contributed by atoms with E-state index in [2.05, 4.69) is 9.97 Å². The van der Waals surface area contributed by atoms with Gasteiger partial charge in [-0.25, -0.2) is 0 Å². The fourth-order valence-electron chi connectivity index (χ4n) is 2.53. The van der Waals surface area contributed by atoms with Gasteiger partial charge in [-0.3, -0.25) is 14.8 Å². The van der Waals surface area contributed by atoms with Gasteiger partial charge in [0.25, 0.3) is 0 Å². The van der Waals surface area contributed by atoms with E-state index in [0.717, 1.165) is 29.1 Å². The summed E-state index contributed by atoms with van der Waals surface area (Å²) in [6, 6.07) is 12.7. The fourth-order valence-corrected chi connectivity index (χ4v) is 2.53. The zero-order valence-corrected chi connectivity index (χ0v) is 14.6. The highest BCUT2D eigenvalue weighted by Crippen LogP contribution is 2.29. The molecule has 0 saturated carbocycles. The van der Waals surface area contributed by atoms with Crippen LogP contribution in [0.5, 0.6) is 5.75 Å². The number of nitrogens with zero attached hydrogens (tertiary/aromatic N) is 2. The van der Waals surface area contributed by atoms with E-state index < -0.39 is 17.8 Å². The molecule has 0 aliphatic rings. The molecule has 3 aromatic rings. The average molecular weight is 387 g/mol. The number of hydrogen-bond donors (Lipinski definition) is 1. The molecule has 1 amide bonds. The number of alkyl halides is 3. The Kier molecular flexibility index (Phi) is 5.58. The Bertz CT molecular complexity index is 973. The van der Waals surface area contributed by atoms with Crippen LogP contribution < -0.4 is 10.5 Å². The smallest absolute Gasteiger partial charge is 0.433 e. The number of benzene rings is 1. The Morgan fingerprint density at radius 1 is 0.964 bits per heavy atom. The summed E-state index contributed by atoms with van der Waals surface area (Å²) in [5, 5.41) is 0. The highest BCUT2D eigenvalue weighted by Gasteiger charge is 2.32. The maximum atomic E-state index is 12.7. The van der Waals surface area contributed by atoms with Crippen LogP contribution in [0, 0.1) is 0 Å². The molecule has 2 N–H and O–H groups in total. The summed E-state index contributed by atoms with van der Waals surface area (Å²) in [5.74, 6) is -0.406. The molecule has 1 aromatic carbocycles. The van der Waals surface area contributed by atoms with Crippen LogP contribution in [-0.2, 0) is 19.2 Å². The van der Waals surface area contributed by atoms with Crippen LogP contribution in [0.4, 0.5) is 13.2 Å². The van der Waals surface area contributed by atoms with Gasteiger partial charge in [0, 0.05) is 36.1 Å². The molecule has 28 heavy (non-hydrogen) atoms. The molecule has 144 valence electrons. The van der Waals surface area contributed by atoms with Crippen LogP contribution in [0.25, 0.3) is 0 Å². The lowest BCUT2D eigenvalue weighted by molar-refractivity contribution is -0.141. The summed E-state index contributed by atoms with van der Waals surface area (Å²) in [6.07, 6.45) is -1.32. The Labute approximate surface area is 159 Å². The minimum atomic E-state index is -4.52. The van der Waals surface area contributed by atoms with Crippen molar-refractivity contribution in [1.82, 2.24) is 9.97 Å². The lowest BCUT2D eigenvalue weighted by Gasteiger charge is -2.10. The normalized spacial score (nSPS) is 11.2. The molecule has 0 aliphatic carbocycles. The monoisotopic (exact) mass is 387 g/mol. The minimum absolute atomic E-state index is 0.0859. The lowest BCUT2D eigenvalue weighted by atomic mass is 10.1. The van der Waals surface area contributed by atoms with Crippen molar-refractivity contribution < 1.29 is 22.7 Å². The molecule has 0 fully saturated rings. The molecule has 2 heterocycles. The number of hydrogen-bond acceptors (Lipinski definition) is 4. The maximum absolute atomic E-state index is 12.7. The second-order valence-corrected chi connectivity index (χ2v) is 6.06. The lowest BCUT2D eigenvalue weighted by Crippen LogP contribution is -2.10. The van der Waals surface area contributed by atoms with Crippen molar-refractivity contribution in [2.45, 2.75) is 19.2 Å². The van der Waals surface area contributed by atoms with Gasteiger partial charge in [0.05, 0.1) is 0 Å². The number of carbonyl (C=O) groups excluding carboxylic acids is 1. The topological polar surface area (TPSA) is 78.1 Å². The van der Waals surface area contributed by atoms with Crippen LogP contribution in [0.1, 0.15) is 32.9 Å². The zero-order chi connectivity index (χ0) is 20.1. The Morgan fingerprint density at radius 2 is 1.68 bits per heavy atom. The second-order valence-electron chi connectivity index (χ2n) is 6.06. The predicted molar refractivity (Wildman–Crippen MR) is 95.6 cm³/mol. The summed E-state index contributed by atoms with van der Waals surface area (Å²) in [4.78, 5) is 18.7. The molecule has 8 heteroatoms. The fraction of sp³-hybridized carbons (Fsp3) is 0.150. The average Bonchev–Trinajstić information content (AvgIpc) is 2.67. The van der Waals surface area contributed by atoms with E-state index >= 15 is 0 Å². The van der Waals surface area contributed by atoms with E-state index in [1.54, 1.807) is 36.5 Å². The quantitative estimate of drug-likeness (QED) is 0.699. The van der Waals surface area contributed by atoms with Crippen molar-refractivity contribution >= 4 is 5.91 Å². The van der Waals surface area contributed by atoms with Gasteiger partial charge in [-0.2, -0.15) is 13.2 Å². The third kappa shape index (κ3) is 5.06. The van der Waals surface area contributed by atoms with Gasteiger partial charge in [0.15, 0.2) is 0 Å². The standard InChI is InChI=1S/C20H16F3N3O2/c21-20(22,23)18-11-17(6-8-26-18)28-12-14-5-7-25-16(10-14)9-13-1-3-15(4-2-13)19(24)27/h1-8,10-11H,9,12H2,(H2,24,27). The summed E-state index contributed by atoms with van der Waals surface area (Å²) >= 11 is 0. The molecule has 5 nitrogen and oxygen atoms in total. The third-order valence-corrected chi connectivity index (χ3v) is 3.93. The van der Waals surface area contributed by atoms with Gasteiger partial charge < -0.3 is 10.5 Å². The van der Waals surface area contributed by atoms with E-state index in [0.29, 0.717) is 12.0 Å². The van der Waals surface area contributed by atoms with E-state index in [1.807, 2.05) is 6.07 Å². The second kappa shape index (κ2) is 8.08. The van der Waals surface area contributed by atoms with Crippen molar-refractivity contribution in [3.63, 3.8) is 0 Å². The van der Waals surface area contributed by atoms with E-state index in [9.17, 15) is 18.0 Å². The Balaban J connectivity index is 1.66. The molecule has 0 radical (unpaired) electrons. The van der Waals surface area contributed by atoms with Gasteiger partial charge in [0.2, 0.25) is 5.91 Å². The number of amides is 1. The molecular formula is C20H16F3N3O2. The molecule has 2 aromatic heterocycles. The van der Waals surface area contributed by atoms with Crippen molar-refractivity contribution in [2.75, 3.05) is 0 Å².